The summed E-state index contributed by atoms with van der Waals surface area (Å²) in [4.78, 5) is 0. The molecular weight excluding hydrogens is 270 g/mol. The van der Waals surface area contributed by atoms with E-state index in [1.807, 2.05) is 12.1 Å². The van der Waals surface area contributed by atoms with Crippen molar-refractivity contribution in [2.24, 2.45) is 0 Å². The highest BCUT2D eigenvalue weighted by molar-refractivity contribution is 7.00. The molecule has 0 spiro atoms. The summed E-state index contributed by atoms with van der Waals surface area (Å²) >= 11 is 7.41. The van der Waals surface area contributed by atoms with Gasteiger partial charge in [0, 0.05) is 6.54 Å². The van der Waals surface area contributed by atoms with Gasteiger partial charge in [-0.2, -0.15) is 8.75 Å². The number of nitrogens with zero attached hydrogens (tertiary/aromatic N) is 2. The van der Waals surface area contributed by atoms with E-state index in [4.69, 9.17) is 16.3 Å². The number of halogens is 1. The van der Waals surface area contributed by atoms with Crippen LogP contribution in [0.1, 0.15) is 19.8 Å². The molecule has 1 aliphatic heterocycles. The average molecular weight is 284 g/mol. The van der Waals surface area contributed by atoms with Crippen molar-refractivity contribution >= 4 is 40.0 Å². The summed E-state index contributed by atoms with van der Waals surface area (Å²) in [5.41, 5.74) is 2.59. The Kier molecular flexibility index (Phi) is 3.37. The number of rotatable bonds is 3. The Morgan fingerprint density at radius 2 is 2.33 bits per heavy atom. The lowest BCUT2D eigenvalue weighted by atomic mass is 10.2. The van der Waals surface area contributed by atoms with Crippen LogP contribution >= 0.6 is 23.3 Å². The van der Waals surface area contributed by atoms with Crippen LogP contribution in [0.4, 0.5) is 5.69 Å². The van der Waals surface area contributed by atoms with E-state index in [0.29, 0.717) is 11.1 Å². The minimum atomic E-state index is 0.262. The summed E-state index contributed by atoms with van der Waals surface area (Å²) < 4.78 is 14.3. The van der Waals surface area contributed by atoms with Gasteiger partial charge in [0.15, 0.2) is 0 Å². The molecule has 4 nitrogen and oxygen atoms in total. The first-order valence-corrected chi connectivity index (χ1v) is 7.15. The topological polar surface area (TPSA) is 47.0 Å². The Hall–Kier alpha value is -0.910. The molecule has 3 rings (SSSR count). The van der Waals surface area contributed by atoms with Crippen LogP contribution in [0.5, 0.6) is 0 Å². The van der Waals surface area contributed by atoms with Gasteiger partial charge in [-0.1, -0.05) is 11.6 Å². The van der Waals surface area contributed by atoms with Gasteiger partial charge in [-0.05, 0) is 31.9 Å². The molecule has 0 bridgehead atoms. The minimum Gasteiger partial charge on any atom is -0.379 e. The second-order valence-corrected chi connectivity index (χ2v) is 5.52. The minimum absolute atomic E-state index is 0.262. The molecule has 96 valence electrons. The highest BCUT2D eigenvalue weighted by Crippen LogP contribution is 2.30. The van der Waals surface area contributed by atoms with Gasteiger partial charge in [-0.3, -0.25) is 0 Å². The van der Waals surface area contributed by atoms with Crippen LogP contribution in [0.15, 0.2) is 12.1 Å². The van der Waals surface area contributed by atoms with Crippen LogP contribution in [0.25, 0.3) is 11.0 Å². The van der Waals surface area contributed by atoms with Crippen molar-refractivity contribution in [1.29, 1.82) is 0 Å². The van der Waals surface area contributed by atoms with E-state index in [1.54, 1.807) is 0 Å². The second-order valence-electron chi connectivity index (χ2n) is 4.58. The van der Waals surface area contributed by atoms with Gasteiger partial charge >= 0.3 is 0 Å². The number of ether oxygens (including phenoxy) is 1. The zero-order chi connectivity index (χ0) is 12.5. The SMILES string of the molecule is CC1CCC(CNc2c(Cl)ccc3nsnc23)O1. The Bertz CT molecular complexity index is 559. The van der Waals surface area contributed by atoms with Crippen molar-refractivity contribution in [3.05, 3.63) is 17.2 Å². The Morgan fingerprint density at radius 1 is 1.44 bits per heavy atom. The molecule has 1 aromatic carbocycles. The second kappa shape index (κ2) is 4.99. The summed E-state index contributed by atoms with van der Waals surface area (Å²) in [6.07, 6.45) is 2.85. The third kappa shape index (κ3) is 2.30. The van der Waals surface area contributed by atoms with E-state index in [1.165, 1.54) is 11.7 Å². The van der Waals surface area contributed by atoms with Crippen LogP contribution in [0, 0.1) is 0 Å². The number of benzene rings is 1. The van der Waals surface area contributed by atoms with Crippen molar-refractivity contribution in [3.8, 4) is 0 Å². The van der Waals surface area contributed by atoms with Gasteiger partial charge in [0.1, 0.15) is 11.0 Å². The van der Waals surface area contributed by atoms with Gasteiger partial charge in [-0.25, -0.2) is 0 Å². The quantitative estimate of drug-likeness (QED) is 0.939. The van der Waals surface area contributed by atoms with Crippen LogP contribution < -0.4 is 5.32 Å². The van der Waals surface area contributed by atoms with Crippen molar-refractivity contribution in [2.75, 3.05) is 11.9 Å². The molecular formula is C12H14ClN3OS. The summed E-state index contributed by atoms with van der Waals surface area (Å²) in [5.74, 6) is 0. The fourth-order valence-corrected chi connectivity index (χ4v) is 3.01. The molecule has 2 atom stereocenters. The average Bonchev–Trinajstić information content (AvgIpc) is 2.96. The molecule has 2 unspecified atom stereocenters. The molecule has 0 amide bonds. The molecule has 1 fully saturated rings. The molecule has 0 radical (unpaired) electrons. The van der Waals surface area contributed by atoms with Crippen molar-refractivity contribution < 1.29 is 4.74 Å². The van der Waals surface area contributed by atoms with Crippen molar-refractivity contribution in [2.45, 2.75) is 32.0 Å². The fraction of sp³-hybridized carbons (Fsp3) is 0.500. The number of nitrogens with one attached hydrogen (secondary N) is 1. The molecule has 1 N–H and O–H groups in total. The van der Waals surface area contributed by atoms with E-state index in [2.05, 4.69) is 21.0 Å². The van der Waals surface area contributed by atoms with E-state index < -0.39 is 0 Å². The zero-order valence-corrected chi connectivity index (χ0v) is 11.6. The number of hydrogen-bond donors (Lipinski definition) is 1. The Balaban J connectivity index is 1.77. The molecule has 2 aromatic rings. The molecule has 2 heterocycles. The lowest BCUT2D eigenvalue weighted by Crippen LogP contribution is -2.20. The van der Waals surface area contributed by atoms with E-state index in [9.17, 15) is 0 Å². The lowest BCUT2D eigenvalue weighted by molar-refractivity contribution is 0.0637. The Labute approximate surface area is 115 Å². The molecule has 6 heteroatoms. The lowest BCUT2D eigenvalue weighted by Gasteiger charge is -2.14. The Morgan fingerprint density at radius 3 is 3.11 bits per heavy atom. The summed E-state index contributed by atoms with van der Waals surface area (Å²) in [6.45, 7) is 2.87. The maximum absolute atomic E-state index is 6.21. The van der Waals surface area contributed by atoms with E-state index in [0.717, 1.165) is 36.1 Å². The first-order valence-electron chi connectivity index (χ1n) is 6.04. The standard InChI is InChI=1S/C12H14ClN3OS/c1-7-2-3-8(17-7)6-14-11-9(13)4-5-10-12(11)16-18-15-10/h4-5,7-8,14H,2-3,6H2,1H3. The molecule has 18 heavy (non-hydrogen) atoms. The fourth-order valence-electron chi connectivity index (χ4n) is 2.25. The largest absolute Gasteiger partial charge is 0.379 e. The van der Waals surface area contributed by atoms with Gasteiger partial charge in [0.2, 0.25) is 0 Å². The summed E-state index contributed by atoms with van der Waals surface area (Å²) in [5, 5.41) is 4.03. The van der Waals surface area contributed by atoms with E-state index in [-0.39, 0.29) is 6.10 Å². The van der Waals surface area contributed by atoms with Crippen molar-refractivity contribution in [1.82, 2.24) is 8.75 Å². The number of fused-ring (bicyclic) bond motifs is 1. The van der Waals surface area contributed by atoms with Gasteiger partial charge < -0.3 is 10.1 Å². The maximum atomic E-state index is 6.21. The number of hydrogen-bond acceptors (Lipinski definition) is 5. The summed E-state index contributed by atoms with van der Waals surface area (Å²) in [7, 11) is 0. The molecule has 0 saturated carbocycles. The number of aromatic nitrogens is 2. The first kappa shape index (κ1) is 12.1. The monoisotopic (exact) mass is 283 g/mol. The zero-order valence-electron chi connectivity index (χ0n) is 10.0. The summed E-state index contributed by atoms with van der Waals surface area (Å²) in [6, 6.07) is 3.74. The first-order chi connectivity index (χ1) is 8.74. The molecule has 0 aliphatic carbocycles. The normalized spacial score (nSPS) is 23.7. The molecule has 1 aromatic heterocycles. The predicted molar refractivity (Wildman–Crippen MR) is 74.5 cm³/mol. The smallest absolute Gasteiger partial charge is 0.129 e. The maximum Gasteiger partial charge on any atom is 0.129 e. The number of anilines is 1. The third-order valence-electron chi connectivity index (χ3n) is 3.20. The molecule has 1 saturated heterocycles. The van der Waals surface area contributed by atoms with Crippen LogP contribution in [0.3, 0.4) is 0 Å². The van der Waals surface area contributed by atoms with E-state index >= 15 is 0 Å². The van der Waals surface area contributed by atoms with Crippen molar-refractivity contribution in [3.63, 3.8) is 0 Å². The van der Waals surface area contributed by atoms with Crippen LogP contribution in [-0.2, 0) is 4.74 Å². The van der Waals surface area contributed by atoms with Gasteiger partial charge in [0.05, 0.1) is 34.6 Å². The van der Waals surface area contributed by atoms with Crippen LogP contribution in [-0.4, -0.2) is 27.5 Å². The highest BCUT2D eigenvalue weighted by Gasteiger charge is 2.22. The van der Waals surface area contributed by atoms with Gasteiger partial charge in [0.25, 0.3) is 0 Å². The predicted octanol–water partition coefficient (Wildman–Crippen LogP) is 3.32. The molecule has 1 aliphatic rings. The van der Waals surface area contributed by atoms with Crippen LogP contribution in [0.2, 0.25) is 5.02 Å². The highest BCUT2D eigenvalue weighted by atomic mass is 35.5. The van der Waals surface area contributed by atoms with Gasteiger partial charge in [-0.15, -0.1) is 0 Å². The third-order valence-corrected chi connectivity index (χ3v) is 4.06.